The minimum Gasteiger partial charge on any atom is -0.482 e. The van der Waals surface area contributed by atoms with E-state index in [0.29, 0.717) is 17.9 Å². The molecule has 0 fully saturated rings. The van der Waals surface area contributed by atoms with Gasteiger partial charge in [0.2, 0.25) is 0 Å². The highest BCUT2D eigenvalue weighted by Crippen LogP contribution is 2.29. The number of hydrogen-bond acceptors (Lipinski definition) is 3. The second kappa shape index (κ2) is 4.88. The SMILES string of the molecule is CCC(C#N)Cc1ccc2c(c1)NC(=O)CO2. The van der Waals surface area contributed by atoms with E-state index in [4.69, 9.17) is 10.00 Å². The van der Waals surface area contributed by atoms with Crippen LogP contribution in [0, 0.1) is 17.2 Å². The summed E-state index contributed by atoms with van der Waals surface area (Å²) in [6.45, 7) is 2.07. The van der Waals surface area contributed by atoms with Gasteiger partial charge in [-0.3, -0.25) is 4.79 Å². The number of hydrogen-bond donors (Lipinski definition) is 1. The topological polar surface area (TPSA) is 62.1 Å². The fourth-order valence-electron chi connectivity index (χ4n) is 1.82. The Morgan fingerprint density at radius 2 is 2.41 bits per heavy atom. The van der Waals surface area contributed by atoms with Crippen molar-refractivity contribution in [1.82, 2.24) is 0 Å². The molecule has 4 nitrogen and oxygen atoms in total. The van der Waals surface area contributed by atoms with E-state index >= 15 is 0 Å². The predicted molar refractivity (Wildman–Crippen MR) is 63.7 cm³/mol. The van der Waals surface area contributed by atoms with Crippen molar-refractivity contribution in [2.75, 3.05) is 11.9 Å². The van der Waals surface area contributed by atoms with Gasteiger partial charge in [-0.05, 0) is 30.5 Å². The molecule has 88 valence electrons. The molecule has 1 N–H and O–H groups in total. The van der Waals surface area contributed by atoms with E-state index in [1.807, 2.05) is 25.1 Å². The molecular formula is C13H14N2O2. The van der Waals surface area contributed by atoms with Crippen LogP contribution < -0.4 is 10.1 Å². The van der Waals surface area contributed by atoms with Gasteiger partial charge in [-0.15, -0.1) is 0 Å². The zero-order chi connectivity index (χ0) is 12.3. The first kappa shape index (κ1) is 11.5. The molecule has 0 saturated carbocycles. The summed E-state index contributed by atoms with van der Waals surface area (Å²) in [6, 6.07) is 7.93. The van der Waals surface area contributed by atoms with Crippen LogP contribution in [0.4, 0.5) is 5.69 Å². The summed E-state index contributed by atoms with van der Waals surface area (Å²) in [5.74, 6) is 0.577. The molecule has 17 heavy (non-hydrogen) atoms. The van der Waals surface area contributed by atoms with Gasteiger partial charge >= 0.3 is 0 Å². The van der Waals surface area contributed by atoms with Crippen molar-refractivity contribution in [3.8, 4) is 11.8 Å². The Morgan fingerprint density at radius 3 is 3.12 bits per heavy atom. The summed E-state index contributed by atoms with van der Waals surface area (Å²) in [4.78, 5) is 11.2. The van der Waals surface area contributed by atoms with Crippen molar-refractivity contribution in [2.24, 2.45) is 5.92 Å². The van der Waals surface area contributed by atoms with Gasteiger partial charge in [0.1, 0.15) is 5.75 Å². The standard InChI is InChI=1S/C13H14N2O2/c1-2-9(7-14)5-10-3-4-12-11(6-10)15-13(16)8-17-12/h3-4,6,9H,2,5,8H2,1H3,(H,15,16). The number of rotatable bonds is 3. The summed E-state index contributed by atoms with van der Waals surface area (Å²) >= 11 is 0. The van der Waals surface area contributed by atoms with Crippen LogP contribution in [-0.2, 0) is 11.2 Å². The van der Waals surface area contributed by atoms with Crippen LogP contribution in [0.3, 0.4) is 0 Å². The van der Waals surface area contributed by atoms with Gasteiger partial charge in [0.05, 0.1) is 17.7 Å². The van der Waals surface area contributed by atoms with Crippen LogP contribution >= 0.6 is 0 Å². The molecule has 4 heteroatoms. The summed E-state index contributed by atoms with van der Waals surface area (Å²) in [6.07, 6.45) is 1.53. The molecule has 1 aliphatic heterocycles. The van der Waals surface area contributed by atoms with Crippen molar-refractivity contribution >= 4 is 11.6 Å². The Kier molecular flexibility index (Phi) is 3.29. The van der Waals surface area contributed by atoms with E-state index in [0.717, 1.165) is 12.0 Å². The number of nitrogens with zero attached hydrogens (tertiary/aromatic N) is 1. The van der Waals surface area contributed by atoms with Gasteiger partial charge in [0, 0.05) is 0 Å². The van der Waals surface area contributed by atoms with E-state index in [1.165, 1.54) is 0 Å². The van der Waals surface area contributed by atoms with E-state index in [-0.39, 0.29) is 18.4 Å². The second-order valence-electron chi connectivity index (χ2n) is 4.11. The molecule has 2 rings (SSSR count). The fourth-order valence-corrected chi connectivity index (χ4v) is 1.82. The van der Waals surface area contributed by atoms with Gasteiger partial charge in [0.15, 0.2) is 6.61 Å². The van der Waals surface area contributed by atoms with Gasteiger partial charge in [-0.25, -0.2) is 0 Å². The maximum Gasteiger partial charge on any atom is 0.262 e. The zero-order valence-electron chi connectivity index (χ0n) is 9.69. The van der Waals surface area contributed by atoms with Crippen LogP contribution in [0.5, 0.6) is 5.75 Å². The van der Waals surface area contributed by atoms with Crippen LogP contribution in [0.15, 0.2) is 18.2 Å². The summed E-state index contributed by atoms with van der Waals surface area (Å²) in [7, 11) is 0. The first-order valence-electron chi connectivity index (χ1n) is 5.68. The third-order valence-electron chi connectivity index (χ3n) is 2.83. The number of fused-ring (bicyclic) bond motifs is 1. The minimum atomic E-state index is -0.137. The van der Waals surface area contributed by atoms with Crippen molar-refractivity contribution in [3.63, 3.8) is 0 Å². The number of nitriles is 1. The Bertz CT molecular complexity index is 477. The summed E-state index contributed by atoms with van der Waals surface area (Å²) < 4.78 is 5.27. The number of nitrogens with one attached hydrogen (secondary N) is 1. The number of anilines is 1. The molecule has 0 aliphatic carbocycles. The summed E-state index contributed by atoms with van der Waals surface area (Å²) in [5, 5.41) is 11.7. The van der Waals surface area contributed by atoms with Crippen LogP contribution in [0.1, 0.15) is 18.9 Å². The third kappa shape index (κ3) is 2.56. The first-order valence-corrected chi connectivity index (χ1v) is 5.68. The van der Waals surface area contributed by atoms with Crippen molar-refractivity contribution in [3.05, 3.63) is 23.8 Å². The van der Waals surface area contributed by atoms with E-state index in [9.17, 15) is 4.79 Å². The van der Waals surface area contributed by atoms with E-state index in [2.05, 4.69) is 11.4 Å². The Labute approximate surface area is 100 Å². The number of carbonyl (C=O) groups is 1. The molecule has 0 aromatic heterocycles. The van der Waals surface area contributed by atoms with E-state index in [1.54, 1.807) is 0 Å². The zero-order valence-corrected chi connectivity index (χ0v) is 9.69. The first-order chi connectivity index (χ1) is 8.22. The molecule has 0 bridgehead atoms. The molecule has 1 aromatic rings. The Hall–Kier alpha value is -2.02. The largest absolute Gasteiger partial charge is 0.482 e. The van der Waals surface area contributed by atoms with Crippen LogP contribution in [0.25, 0.3) is 0 Å². The molecule has 1 amide bonds. The second-order valence-corrected chi connectivity index (χ2v) is 4.11. The molecule has 1 unspecified atom stereocenters. The van der Waals surface area contributed by atoms with Crippen molar-refractivity contribution < 1.29 is 9.53 Å². The lowest BCUT2D eigenvalue weighted by molar-refractivity contribution is -0.118. The quantitative estimate of drug-likeness (QED) is 0.865. The van der Waals surface area contributed by atoms with Crippen molar-refractivity contribution in [1.29, 1.82) is 5.26 Å². The fraction of sp³-hybridized carbons (Fsp3) is 0.385. The van der Waals surface area contributed by atoms with Crippen molar-refractivity contribution in [2.45, 2.75) is 19.8 Å². The van der Waals surface area contributed by atoms with Gasteiger partial charge in [-0.1, -0.05) is 13.0 Å². The molecule has 1 atom stereocenters. The number of ether oxygens (including phenoxy) is 1. The van der Waals surface area contributed by atoms with Gasteiger partial charge in [0.25, 0.3) is 5.91 Å². The average molecular weight is 230 g/mol. The molecule has 1 aromatic carbocycles. The maximum atomic E-state index is 11.2. The van der Waals surface area contributed by atoms with Crippen LogP contribution in [0.2, 0.25) is 0 Å². The Morgan fingerprint density at radius 1 is 1.59 bits per heavy atom. The number of carbonyl (C=O) groups excluding carboxylic acids is 1. The predicted octanol–water partition coefficient (Wildman–Crippen LogP) is 2.11. The summed E-state index contributed by atoms with van der Waals surface area (Å²) in [5.41, 5.74) is 1.74. The highest BCUT2D eigenvalue weighted by atomic mass is 16.5. The minimum absolute atomic E-state index is 0.0215. The highest BCUT2D eigenvalue weighted by molar-refractivity contribution is 5.95. The third-order valence-corrected chi connectivity index (χ3v) is 2.83. The maximum absolute atomic E-state index is 11.2. The average Bonchev–Trinajstić information content (AvgIpc) is 2.35. The lowest BCUT2D eigenvalue weighted by Crippen LogP contribution is -2.25. The smallest absolute Gasteiger partial charge is 0.262 e. The monoisotopic (exact) mass is 230 g/mol. The van der Waals surface area contributed by atoms with Crippen LogP contribution in [-0.4, -0.2) is 12.5 Å². The molecule has 1 aliphatic rings. The molecule has 0 spiro atoms. The molecule has 0 radical (unpaired) electrons. The lowest BCUT2D eigenvalue weighted by Gasteiger charge is -2.18. The number of benzene rings is 1. The molecular weight excluding hydrogens is 216 g/mol. The van der Waals surface area contributed by atoms with Gasteiger partial charge in [-0.2, -0.15) is 5.26 Å². The van der Waals surface area contributed by atoms with Gasteiger partial charge < -0.3 is 10.1 Å². The lowest BCUT2D eigenvalue weighted by atomic mass is 9.98. The Balaban J connectivity index is 2.18. The van der Waals surface area contributed by atoms with E-state index < -0.39 is 0 Å². The molecule has 1 heterocycles. The normalized spacial score (nSPS) is 15.2. The number of amides is 1. The molecule has 0 saturated heterocycles. The highest BCUT2D eigenvalue weighted by Gasteiger charge is 2.16.